The highest BCUT2D eigenvalue weighted by Crippen LogP contribution is 2.21. The van der Waals surface area contributed by atoms with Crippen molar-refractivity contribution in [2.24, 2.45) is 0 Å². The molecule has 0 radical (unpaired) electrons. The van der Waals surface area contributed by atoms with E-state index in [1.807, 2.05) is 6.07 Å². The highest BCUT2D eigenvalue weighted by molar-refractivity contribution is 5.67. The van der Waals surface area contributed by atoms with Crippen LogP contribution < -0.4 is 5.32 Å². The first-order valence-corrected chi connectivity index (χ1v) is 5.95. The first kappa shape index (κ1) is 13.4. The van der Waals surface area contributed by atoms with Crippen molar-refractivity contribution in [2.75, 3.05) is 11.9 Å². The van der Waals surface area contributed by atoms with E-state index in [4.69, 9.17) is 5.11 Å². The van der Waals surface area contributed by atoms with Gasteiger partial charge in [-0.05, 0) is 12.8 Å². The van der Waals surface area contributed by atoms with E-state index in [0.29, 0.717) is 18.3 Å². The third-order valence-corrected chi connectivity index (χ3v) is 2.74. The average molecular weight is 237 g/mol. The number of carbonyl (C=O) groups is 1. The van der Waals surface area contributed by atoms with Gasteiger partial charge >= 0.3 is 5.97 Å². The van der Waals surface area contributed by atoms with Crippen LogP contribution in [0.4, 0.5) is 5.82 Å². The maximum absolute atomic E-state index is 10.4. The molecular weight excluding hydrogens is 218 g/mol. The van der Waals surface area contributed by atoms with E-state index in [-0.39, 0.29) is 6.42 Å². The maximum atomic E-state index is 10.4. The molecule has 0 unspecified atom stereocenters. The van der Waals surface area contributed by atoms with Crippen LogP contribution in [-0.2, 0) is 4.79 Å². The van der Waals surface area contributed by atoms with Crippen molar-refractivity contribution in [3.63, 3.8) is 0 Å². The fourth-order valence-corrected chi connectivity index (χ4v) is 1.70. The second kappa shape index (κ2) is 6.83. The van der Waals surface area contributed by atoms with Crippen molar-refractivity contribution < 1.29 is 9.90 Å². The summed E-state index contributed by atoms with van der Waals surface area (Å²) in [6, 6.07) is 1.90. The van der Waals surface area contributed by atoms with Crippen LogP contribution in [0.15, 0.2) is 12.4 Å². The van der Waals surface area contributed by atoms with Crippen molar-refractivity contribution in [3.05, 3.63) is 18.1 Å². The highest BCUT2D eigenvalue weighted by atomic mass is 16.4. The van der Waals surface area contributed by atoms with Crippen molar-refractivity contribution in [3.8, 4) is 0 Å². The quantitative estimate of drug-likeness (QED) is 0.760. The Balaban J connectivity index is 2.62. The summed E-state index contributed by atoms with van der Waals surface area (Å²) in [6.07, 6.45) is 3.70. The molecule has 0 spiro atoms. The van der Waals surface area contributed by atoms with E-state index in [1.54, 1.807) is 0 Å². The number of nitrogens with zero attached hydrogens (tertiary/aromatic N) is 2. The molecule has 2 N–H and O–H groups in total. The molecule has 0 saturated carbocycles. The Morgan fingerprint density at radius 2 is 2.12 bits per heavy atom. The lowest BCUT2D eigenvalue weighted by atomic mass is 9.99. The van der Waals surface area contributed by atoms with E-state index in [1.165, 1.54) is 6.33 Å². The van der Waals surface area contributed by atoms with Crippen molar-refractivity contribution in [1.82, 2.24) is 9.97 Å². The largest absolute Gasteiger partial charge is 0.481 e. The Bertz CT molecular complexity index is 365. The highest BCUT2D eigenvalue weighted by Gasteiger charge is 2.09. The van der Waals surface area contributed by atoms with Crippen molar-refractivity contribution in [2.45, 2.75) is 39.0 Å². The molecule has 5 nitrogen and oxygen atoms in total. The van der Waals surface area contributed by atoms with E-state index in [2.05, 4.69) is 29.1 Å². The van der Waals surface area contributed by atoms with Crippen LogP contribution in [0.2, 0.25) is 0 Å². The molecule has 1 aromatic heterocycles. The molecule has 0 aromatic carbocycles. The number of rotatable bonds is 7. The molecule has 94 valence electrons. The summed E-state index contributed by atoms with van der Waals surface area (Å²) in [5.74, 6) is 0.327. The van der Waals surface area contributed by atoms with Gasteiger partial charge in [0.05, 0.1) is 6.42 Å². The summed E-state index contributed by atoms with van der Waals surface area (Å²) < 4.78 is 0. The number of hydrogen-bond donors (Lipinski definition) is 2. The molecule has 0 aliphatic carbocycles. The smallest absolute Gasteiger partial charge is 0.305 e. The lowest BCUT2D eigenvalue weighted by Gasteiger charge is -2.12. The Hall–Kier alpha value is -1.65. The van der Waals surface area contributed by atoms with Crippen LogP contribution in [0, 0.1) is 0 Å². The SMILES string of the molecule is CCC(CC)c1cc(NCCC(=O)O)ncn1. The molecule has 1 heterocycles. The minimum absolute atomic E-state index is 0.0876. The zero-order valence-electron chi connectivity index (χ0n) is 10.3. The van der Waals surface area contributed by atoms with Crippen LogP contribution in [0.5, 0.6) is 0 Å². The molecule has 0 aliphatic rings. The van der Waals surface area contributed by atoms with Gasteiger partial charge in [0.15, 0.2) is 0 Å². The van der Waals surface area contributed by atoms with Gasteiger partial charge < -0.3 is 10.4 Å². The Labute approximate surface area is 101 Å². The number of carboxylic acids is 1. The molecule has 0 bridgehead atoms. The standard InChI is InChI=1S/C12H19N3O2/c1-3-9(4-2)10-7-11(15-8-14-10)13-6-5-12(16)17/h7-9H,3-6H2,1-2H3,(H,16,17)(H,13,14,15). The summed E-state index contributed by atoms with van der Waals surface area (Å²) in [4.78, 5) is 18.7. The average Bonchev–Trinajstić information content (AvgIpc) is 2.31. The molecule has 0 saturated heterocycles. The van der Waals surface area contributed by atoms with Gasteiger partial charge in [0.25, 0.3) is 0 Å². The van der Waals surface area contributed by atoms with E-state index < -0.39 is 5.97 Å². The van der Waals surface area contributed by atoms with Gasteiger partial charge in [-0.2, -0.15) is 0 Å². The summed E-state index contributed by atoms with van der Waals surface area (Å²) in [6.45, 7) is 4.65. The van der Waals surface area contributed by atoms with E-state index in [0.717, 1.165) is 18.5 Å². The van der Waals surface area contributed by atoms with Gasteiger partial charge in [0.2, 0.25) is 0 Å². The van der Waals surface area contributed by atoms with Crippen LogP contribution >= 0.6 is 0 Å². The molecular formula is C12H19N3O2. The molecule has 1 aromatic rings. The Kier molecular flexibility index (Phi) is 5.39. The third kappa shape index (κ3) is 4.38. The Morgan fingerprint density at radius 3 is 2.71 bits per heavy atom. The summed E-state index contributed by atoms with van der Waals surface area (Å²) in [5.41, 5.74) is 1.02. The van der Waals surface area contributed by atoms with Gasteiger partial charge in [-0.15, -0.1) is 0 Å². The van der Waals surface area contributed by atoms with Gasteiger partial charge in [-0.25, -0.2) is 9.97 Å². The molecule has 1 rings (SSSR count). The van der Waals surface area contributed by atoms with Crippen LogP contribution in [-0.4, -0.2) is 27.6 Å². The minimum Gasteiger partial charge on any atom is -0.481 e. The first-order valence-electron chi connectivity index (χ1n) is 5.95. The van der Waals surface area contributed by atoms with Crippen molar-refractivity contribution >= 4 is 11.8 Å². The van der Waals surface area contributed by atoms with Gasteiger partial charge in [0, 0.05) is 24.2 Å². The lowest BCUT2D eigenvalue weighted by molar-refractivity contribution is -0.136. The second-order valence-corrected chi connectivity index (χ2v) is 3.91. The van der Waals surface area contributed by atoms with Crippen molar-refractivity contribution in [1.29, 1.82) is 0 Å². The number of anilines is 1. The fourth-order valence-electron chi connectivity index (χ4n) is 1.70. The predicted octanol–water partition coefficient (Wildman–Crippen LogP) is 2.27. The zero-order valence-corrected chi connectivity index (χ0v) is 10.3. The van der Waals surface area contributed by atoms with Crippen LogP contribution in [0.1, 0.15) is 44.7 Å². The summed E-state index contributed by atoms with van der Waals surface area (Å²) in [5, 5.41) is 11.5. The van der Waals surface area contributed by atoms with Crippen LogP contribution in [0.25, 0.3) is 0 Å². The van der Waals surface area contributed by atoms with Crippen LogP contribution in [0.3, 0.4) is 0 Å². The normalized spacial score (nSPS) is 10.5. The molecule has 5 heteroatoms. The number of hydrogen-bond acceptors (Lipinski definition) is 4. The molecule has 17 heavy (non-hydrogen) atoms. The summed E-state index contributed by atoms with van der Waals surface area (Å²) >= 11 is 0. The number of nitrogens with one attached hydrogen (secondary N) is 1. The fraction of sp³-hybridized carbons (Fsp3) is 0.583. The molecule has 0 aliphatic heterocycles. The summed E-state index contributed by atoms with van der Waals surface area (Å²) in [7, 11) is 0. The molecule has 0 atom stereocenters. The first-order chi connectivity index (χ1) is 8.17. The Morgan fingerprint density at radius 1 is 1.41 bits per heavy atom. The third-order valence-electron chi connectivity index (χ3n) is 2.74. The number of aromatic nitrogens is 2. The topological polar surface area (TPSA) is 75.1 Å². The second-order valence-electron chi connectivity index (χ2n) is 3.91. The van der Waals surface area contributed by atoms with Gasteiger partial charge in [-0.3, -0.25) is 4.79 Å². The number of carboxylic acid groups (broad SMARTS) is 1. The zero-order chi connectivity index (χ0) is 12.7. The molecule has 0 amide bonds. The van der Waals surface area contributed by atoms with E-state index in [9.17, 15) is 4.79 Å². The van der Waals surface area contributed by atoms with Gasteiger partial charge in [-0.1, -0.05) is 13.8 Å². The van der Waals surface area contributed by atoms with E-state index >= 15 is 0 Å². The minimum atomic E-state index is -0.813. The number of aliphatic carboxylic acids is 1. The van der Waals surface area contributed by atoms with Gasteiger partial charge in [0.1, 0.15) is 12.1 Å². The maximum Gasteiger partial charge on any atom is 0.305 e. The lowest BCUT2D eigenvalue weighted by Crippen LogP contribution is -2.09. The molecule has 0 fully saturated rings. The predicted molar refractivity (Wildman–Crippen MR) is 66.1 cm³/mol. The monoisotopic (exact) mass is 237 g/mol.